The zero-order valence-electron chi connectivity index (χ0n) is 15.8. The molecule has 0 unspecified atom stereocenters. The van der Waals surface area contributed by atoms with Gasteiger partial charge in [-0.15, -0.1) is 0 Å². The smallest absolute Gasteiger partial charge is 0.166 e. The summed E-state index contributed by atoms with van der Waals surface area (Å²) in [5, 5.41) is 9.01. The number of hydrogen-bond acceptors (Lipinski definition) is 5. The second-order valence-corrected chi connectivity index (χ2v) is 6.91. The molecule has 7 nitrogen and oxygen atoms in total. The van der Waals surface area contributed by atoms with Crippen molar-refractivity contribution in [1.82, 2.24) is 24.5 Å². The quantitative estimate of drug-likeness (QED) is 0.539. The van der Waals surface area contributed by atoms with E-state index in [4.69, 9.17) is 10.5 Å². The Bertz CT molecular complexity index is 1210. The van der Waals surface area contributed by atoms with Crippen LogP contribution in [0.4, 0.5) is 10.2 Å². The number of pyridine rings is 1. The van der Waals surface area contributed by atoms with Crippen molar-refractivity contribution in [3.05, 3.63) is 71.6 Å². The fourth-order valence-electron chi connectivity index (χ4n) is 3.74. The van der Waals surface area contributed by atoms with Gasteiger partial charge in [0.15, 0.2) is 11.6 Å². The number of nitrogens with zero attached hydrogens (tertiary/aromatic N) is 5. The first-order chi connectivity index (χ1) is 14.1. The molecular weight excluding hydrogens is 371 g/mol. The van der Waals surface area contributed by atoms with Crippen LogP contribution in [0.15, 0.2) is 48.9 Å². The third-order valence-electron chi connectivity index (χ3n) is 5.12. The summed E-state index contributed by atoms with van der Waals surface area (Å²) in [6, 6.07) is 8.42. The molecule has 0 saturated heterocycles. The van der Waals surface area contributed by atoms with E-state index in [1.54, 1.807) is 18.5 Å². The zero-order valence-corrected chi connectivity index (χ0v) is 15.8. The highest BCUT2D eigenvalue weighted by atomic mass is 19.1. The third kappa shape index (κ3) is 2.93. The number of nitrogen functional groups attached to an aromatic ring is 1. The van der Waals surface area contributed by atoms with E-state index in [-0.39, 0.29) is 18.2 Å². The average molecular weight is 390 g/mol. The number of aromatic nitrogens is 5. The summed E-state index contributed by atoms with van der Waals surface area (Å²) >= 11 is 0. The SMILES string of the molecule is CCn1ncc2c1-c1cnc(N)c(c1)OCc1cc(F)ccc1-n1nccc1C2. The van der Waals surface area contributed by atoms with Gasteiger partial charge in [-0.1, -0.05) is 0 Å². The van der Waals surface area contributed by atoms with Crippen LogP contribution in [-0.2, 0) is 19.6 Å². The molecule has 2 bridgehead atoms. The van der Waals surface area contributed by atoms with Crippen molar-refractivity contribution >= 4 is 5.82 Å². The van der Waals surface area contributed by atoms with E-state index in [1.165, 1.54) is 12.1 Å². The van der Waals surface area contributed by atoms with Crippen molar-refractivity contribution in [1.29, 1.82) is 0 Å². The third-order valence-corrected chi connectivity index (χ3v) is 5.12. The Morgan fingerprint density at radius 1 is 1.14 bits per heavy atom. The van der Waals surface area contributed by atoms with Crippen molar-refractivity contribution in [2.75, 3.05) is 5.73 Å². The highest BCUT2D eigenvalue weighted by Crippen LogP contribution is 2.32. The standard InChI is InChI=1S/C21H19FN6O/c1-2-27-20-13(11-26-27)8-17-5-6-25-28(17)18-4-3-16(22)7-15(18)12-29-19-9-14(20)10-24-21(19)23/h3-7,9-11H,2,8,12H2,1H3,(H2,23,24). The van der Waals surface area contributed by atoms with E-state index in [0.29, 0.717) is 17.7 Å². The Morgan fingerprint density at radius 3 is 2.90 bits per heavy atom. The Kier molecular flexibility index (Phi) is 4.04. The number of ether oxygens (including phenoxy) is 1. The van der Waals surface area contributed by atoms with Crippen LogP contribution in [0.3, 0.4) is 0 Å². The van der Waals surface area contributed by atoms with Gasteiger partial charge in [0.05, 0.1) is 17.6 Å². The molecule has 0 spiro atoms. The highest BCUT2D eigenvalue weighted by molar-refractivity contribution is 5.67. The van der Waals surface area contributed by atoms with E-state index in [0.717, 1.165) is 34.7 Å². The van der Waals surface area contributed by atoms with Crippen LogP contribution in [0.1, 0.15) is 23.7 Å². The van der Waals surface area contributed by atoms with Gasteiger partial charge in [0.25, 0.3) is 0 Å². The monoisotopic (exact) mass is 390 g/mol. The minimum absolute atomic E-state index is 0.140. The van der Waals surface area contributed by atoms with Crippen LogP contribution in [-0.4, -0.2) is 24.5 Å². The van der Waals surface area contributed by atoms with Gasteiger partial charge in [-0.25, -0.2) is 14.1 Å². The molecule has 0 saturated carbocycles. The molecule has 3 aromatic heterocycles. The molecule has 0 amide bonds. The van der Waals surface area contributed by atoms with Gasteiger partial charge in [-0.2, -0.15) is 10.2 Å². The molecule has 1 aliphatic heterocycles. The molecule has 146 valence electrons. The van der Waals surface area contributed by atoms with E-state index >= 15 is 0 Å². The molecule has 1 aromatic carbocycles. The fraction of sp³-hybridized carbons (Fsp3) is 0.190. The predicted molar refractivity (Wildman–Crippen MR) is 106 cm³/mol. The summed E-state index contributed by atoms with van der Waals surface area (Å²) in [7, 11) is 0. The molecule has 5 rings (SSSR count). The zero-order chi connectivity index (χ0) is 20.0. The molecule has 0 fully saturated rings. The van der Waals surface area contributed by atoms with Crippen LogP contribution >= 0.6 is 0 Å². The van der Waals surface area contributed by atoms with E-state index in [2.05, 4.69) is 15.2 Å². The molecule has 1 aliphatic rings. The van der Waals surface area contributed by atoms with Crippen LogP contribution in [0.2, 0.25) is 0 Å². The Balaban J connectivity index is 1.76. The summed E-state index contributed by atoms with van der Waals surface area (Å²) in [5.41, 5.74) is 11.3. The van der Waals surface area contributed by atoms with Crippen molar-refractivity contribution in [3.8, 4) is 22.7 Å². The summed E-state index contributed by atoms with van der Waals surface area (Å²) in [4.78, 5) is 4.31. The van der Waals surface area contributed by atoms with Gasteiger partial charge in [0.2, 0.25) is 0 Å². The van der Waals surface area contributed by atoms with E-state index < -0.39 is 0 Å². The molecule has 8 heteroatoms. The Labute approximate surface area is 166 Å². The predicted octanol–water partition coefficient (Wildman–Crippen LogP) is 3.36. The average Bonchev–Trinajstić information content (AvgIpc) is 3.34. The number of nitrogens with two attached hydrogens (primary N) is 1. The first-order valence-electron chi connectivity index (χ1n) is 9.39. The lowest BCUT2D eigenvalue weighted by Gasteiger charge is -2.17. The lowest BCUT2D eigenvalue weighted by molar-refractivity contribution is 0.305. The van der Waals surface area contributed by atoms with Gasteiger partial charge < -0.3 is 10.5 Å². The molecule has 0 radical (unpaired) electrons. The summed E-state index contributed by atoms with van der Waals surface area (Å²) in [6.45, 7) is 2.90. The first-order valence-corrected chi connectivity index (χ1v) is 9.39. The second kappa shape index (κ2) is 6.73. The number of halogens is 1. The molecule has 0 atom stereocenters. The molecular formula is C21H19FN6O. The lowest BCUT2D eigenvalue weighted by atomic mass is 10.0. The van der Waals surface area contributed by atoms with Crippen LogP contribution in [0.25, 0.3) is 16.9 Å². The Morgan fingerprint density at radius 2 is 2.03 bits per heavy atom. The minimum atomic E-state index is -0.334. The largest absolute Gasteiger partial charge is 0.485 e. The Hall–Kier alpha value is -3.68. The topological polar surface area (TPSA) is 83.8 Å². The van der Waals surface area contributed by atoms with E-state index in [9.17, 15) is 4.39 Å². The minimum Gasteiger partial charge on any atom is -0.485 e. The maximum Gasteiger partial charge on any atom is 0.166 e. The summed E-state index contributed by atoms with van der Waals surface area (Å²) in [6.07, 6.45) is 5.95. The van der Waals surface area contributed by atoms with Crippen LogP contribution in [0.5, 0.6) is 5.75 Å². The number of benzene rings is 1. The molecule has 0 aliphatic carbocycles. The number of hydrogen-bond donors (Lipinski definition) is 1. The summed E-state index contributed by atoms with van der Waals surface area (Å²) in [5.74, 6) is 0.404. The lowest BCUT2D eigenvalue weighted by Crippen LogP contribution is -2.11. The fourth-order valence-corrected chi connectivity index (χ4v) is 3.74. The van der Waals surface area contributed by atoms with Gasteiger partial charge >= 0.3 is 0 Å². The molecule has 2 N–H and O–H groups in total. The summed E-state index contributed by atoms with van der Waals surface area (Å²) < 4.78 is 23.7. The molecule has 4 aromatic rings. The highest BCUT2D eigenvalue weighted by Gasteiger charge is 2.20. The number of anilines is 1. The van der Waals surface area contributed by atoms with Crippen LogP contribution in [0, 0.1) is 5.82 Å². The van der Waals surface area contributed by atoms with Gasteiger partial charge in [0.1, 0.15) is 12.4 Å². The van der Waals surface area contributed by atoms with Gasteiger partial charge in [0, 0.05) is 47.7 Å². The van der Waals surface area contributed by atoms with E-state index in [1.807, 2.05) is 34.6 Å². The van der Waals surface area contributed by atoms with Crippen molar-refractivity contribution in [2.45, 2.75) is 26.5 Å². The number of fused-ring (bicyclic) bond motifs is 7. The second-order valence-electron chi connectivity index (χ2n) is 6.91. The van der Waals surface area contributed by atoms with Crippen molar-refractivity contribution in [2.24, 2.45) is 0 Å². The maximum absolute atomic E-state index is 14.0. The van der Waals surface area contributed by atoms with Crippen molar-refractivity contribution < 1.29 is 9.13 Å². The molecule has 29 heavy (non-hydrogen) atoms. The molecule has 4 heterocycles. The normalized spacial score (nSPS) is 12.8. The number of rotatable bonds is 1. The van der Waals surface area contributed by atoms with Gasteiger partial charge in [-0.05, 0) is 37.3 Å². The first kappa shape index (κ1) is 17.4. The maximum atomic E-state index is 14.0. The van der Waals surface area contributed by atoms with Crippen LogP contribution < -0.4 is 10.5 Å². The number of aryl methyl sites for hydroxylation is 1. The van der Waals surface area contributed by atoms with Crippen molar-refractivity contribution in [3.63, 3.8) is 0 Å². The van der Waals surface area contributed by atoms with Gasteiger partial charge in [-0.3, -0.25) is 4.68 Å².